The minimum Gasteiger partial charge on any atom is -0.497 e. The number of H-pyrrole nitrogens is 1. The van der Waals surface area contributed by atoms with Crippen LogP contribution in [0.1, 0.15) is 11.1 Å². The molecule has 4 aromatic carbocycles. The van der Waals surface area contributed by atoms with Gasteiger partial charge in [-0.2, -0.15) is 0 Å². The zero-order valence-electron chi connectivity index (χ0n) is 24.4. The van der Waals surface area contributed by atoms with Crippen LogP contribution in [0.25, 0.3) is 28.0 Å². The number of nitrogens with zero attached hydrogens (tertiary/aromatic N) is 2. The molecule has 214 valence electrons. The second-order valence-electron chi connectivity index (χ2n) is 9.87. The van der Waals surface area contributed by atoms with E-state index in [9.17, 15) is 0 Å². The van der Waals surface area contributed by atoms with Crippen LogP contribution in [-0.2, 0) is 0 Å². The summed E-state index contributed by atoms with van der Waals surface area (Å²) in [6.45, 7) is 0. The maximum Gasteiger partial charge on any atom is 0.162 e. The molecule has 0 unspecified atom stereocenters. The van der Waals surface area contributed by atoms with Gasteiger partial charge in [-0.25, -0.2) is 9.98 Å². The van der Waals surface area contributed by atoms with E-state index in [1.165, 1.54) is 0 Å². The first kappa shape index (κ1) is 27.6. The van der Waals surface area contributed by atoms with E-state index in [0.717, 1.165) is 44.8 Å². The van der Waals surface area contributed by atoms with Crippen molar-refractivity contribution in [3.05, 3.63) is 120 Å². The third kappa shape index (κ3) is 5.78. The van der Waals surface area contributed by atoms with Crippen molar-refractivity contribution >= 4 is 22.9 Å². The first-order valence-corrected chi connectivity index (χ1v) is 13.8. The lowest BCUT2D eigenvalue weighted by Gasteiger charge is -2.10. The van der Waals surface area contributed by atoms with E-state index in [1.807, 2.05) is 84.9 Å². The number of hydrogen-bond donors (Lipinski definition) is 1. The van der Waals surface area contributed by atoms with Crippen molar-refractivity contribution in [2.45, 2.75) is 0 Å². The molecule has 43 heavy (non-hydrogen) atoms. The number of aromatic amines is 1. The monoisotopic (exact) mass is 569 g/mol. The molecule has 1 aliphatic heterocycles. The molecule has 7 heteroatoms. The summed E-state index contributed by atoms with van der Waals surface area (Å²) < 4.78 is 22.3. The summed E-state index contributed by atoms with van der Waals surface area (Å²) >= 11 is 0. The molecule has 0 saturated heterocycles. The molecule has 1 aliphatic rings. The second-order valence-corrected chi connectivity index (χ2v) is 9.87. The van der Waals surface area contributed by atoms with Crippen molar-refractivity contribution in [2.24, 2.45) is 9.98 Å². The molecule has 7 nitrogen and oxygen atoms in total. The minimum atomic E-state index is 0.562. The Labute approximate surface area is 250 Å². The van der Waals surface area contributed by atoms with E-state index in [2.05, 4.69) is 29.3 Å². The third-order valence-corrected chi connectivity index (χ3v) is 7.24. The number of rotatable bonds is 9. The number of benzene rings is 4. The van der Waals surface area contributed by atoms with E-state index in [4.69, 9.17) is 28.9 Å². The molecule has 0 spiro atoms. The Morgan fingerprint density at radius 3 is 1.60 bits per heavy atom. The topological polar surface area (TPSA) is 77.4 Å². The lowest BCUT2D eigenvalue weighted by atomic mass is 10.0. The molecule has 0 aliphatic carbocycles. The first-order valence-electron chi connectivity index (χ1n) is 13.8. The molecule has 1 aromatic heterocycles. The first-order chi connectivity index (χ1) is 21.1. The predicted molar refractivity (Wildman–Crippen MR) is 172 cm³/mol. The van der Waals surface area contributed by atoms with Gasteiger partial charge in [0.2, 0.25) is 0 Å². The van der Waals surface area contributed by atoms with E-state index in [0.29, 0.717) is 34.7 Å². The number of aliphatic imine (C=N–C) groups is 2. The molecule has 0 amide bonds. The largest absolute Gasteiger partial charge is 0.497 e. The Kier molecular flexibility index (Phi) is 7.78. The van der Waals surface area contributed by atoms with Crippen LogP contribution in [0, 0.1) is 0 Å². The van der Waals surface area contributed by atoms with E-state index in [1.54, 1.807) is 28.4 Å². The Hall–Kier alpha value is -5.56. The highest BCUT2D eigenvalue weighted by atomic mass is 16.5. The molecule has 1 N–H and O–H groups in total. The maximum atomic E-state index is 5.58. The summed E-state index contributed by atoms with van der Waals surface area (Å²) in [6, 6.07) is 33.9. The summed E-state index contributed by atoms with van der Waals surface area (Å²) in [7, 11) is 6.57. The molecule has 2 heterocycles. The number of ether oxygens (including phenoxy) is 4. The van der Waals surface area contributed by atoms with Gasteiger partial charge in [-0.15, -0.1) is 0 Å². The summed E-state index contributed by atoms with van der Waals surface area (Å²) in [4.78, 5) is 13.8. The molecule has 0 saturated carbocycles. The van der Waals surface area contributed by atoms with Gasteiger partial charge in [-0.1, -0.05) is 60.7 Å². The van der Waals surface area contributed by atoms with Gasteiger partial charge in [0.25, 0.3) is 0 Å². The van der Waals surface area contributed by atoms with Gasteiger partial charge < -0.3 is 23.9 Å². The minimum absolute atomic E-state index is 0.562. The normalized spacial score (nSPS) is 13.4. The average Bonchev–Trinajstić information content (AvgIpc) is 3.70. The summed E-state index contributed by atoms with van der Waals surface area (Å²) in [5.41, 5.74) is 7.28. The number of allylic oxidation sites excluding steroid dienone is 1. The fourth-order valence-corrected chi connectivity index (χ4v) is 5.02. The molecule has 0 atom stereocenters. The van der Waals surface area contributed by atoms with E-state index >= 15 is 0 Å². The lowest BCUT2D eigenvalue weighted by molar-refractivity contribution is 0.394. The van der Waals surface area contributed by atoms with Crippen molar-refractivity contribution in [3.63, 3.8) is 0 Å². The molecule has 0 radical (unpaired) electrons. The highest BCUT2D eigenvalue weighted by Gasteiger charge is 2.22. The zero-order chi connectivity index (χ0) is 29.8. The fraction of sp³-hybridized carbons (Fsp3) is 0.111. The van der Waals surface area contributed by atoms with Crippen molar-refractivity contribution in [1.82, 2.24) is 4.98 Å². The van der Waals surface area contributed by atoms with Crippen LogP contribution in [0.3, 0.4) is 0 Å². The van der Waals surface area contributed by atoms with Crippen LogP contribution >= 0.6 is 0 Å². The second kappa shape index (κ2) is 12.1. The average molecular weight is 570 g/mol. The van der Waals surface area contributed by atoms with E-state index < -0.39 is 0 Å². The zero-order valence-corrected chi connectivity index (χ0v) is 24.4. The van der Waals surface area contributed by atoms with Crippen molar-refractivity contribution < 1.29 is 18.9 Å². The fourth-order valence-electron chi connectivity index (χ4n) is 5.02. The Balaban J connectivity index is 1.56. The molecule has 6 rings (SSSR count). The number of amidine groups is 1. The van der Waals surface area contributed by atoms with Gasteiger partial charge in [0, 0.05) is 34.5 Å². The Bertz CT molecular complexity index is 1810. The smallest absolute Gasteiger partial charge is 0.162 e. The predicted octanol–water partition coefficient (Wildman–Crippen LogP) is 8.00. The van der Waals surface area contributed by atoms with Gasteiger partial charge in [0.15, 0.2) is 5.84 Å². The SMILES string of the molecule is COc1cc(OC)cc(C2=CC(c3ccccc3)=N/C2=N\c2[nH]c(-c3ccccc3)cc2-c2cc(OC)cc(OC)c2)c1. The van der Waals surface area contributed by atoms with Crippen LogP contribution < -0.4 is 18.9 Å². The summed E-state index contributed by atoms with van der Waals surface area (Å²) in [6.07, 6.45) is 2.05. The molecule has 5 aromatic rings. The van der Waals surface area contributed by atoms with Gasteiger partial charge in [-0.05, 0) is 53.1 Å². The summed E-state index contributed by atoms with van der Waals surface area (Å²) in [5.74, 6) is 3.94. The highest BCUT2D eigenvalue weighted by Crippen LogP contribution is 2.40. The Morgan fingerprint density at radius 2 is 1.07 bits per heavy atom. The van der Waals surface area contributed by atoms with Crippen LogP contribution in [0.5, 0.6) is 23.0 Å². The highest BCUT2D eigenvalue weighted by molar-refractivity contribution is 6.38. The van der Waals surface area contributed by atoms with Gasteiger partial charge in [-0.3, -0.25) is 0 Å². The lowest BCUT2D eigenvalue weighted by Crippen LogP contribution is -1.97. The standard InChI is InChI=1S/C36H31N3O4/c1-40-27-15-25(16-28(19-27)41-2)31-21-33(23-11-7-5-8-12-23)37-35(31)39-36-32(22-34(38-36)24-13-9-6-10-14-24)26-17-29(42-3)20-30(18-26)43-4/h5-22,37H,1-4H3/b39-36-. The van der Waals surface area contributed by atoms with Gasteiger partial charge in [0.1, 0.15) is 28.8 Å². The van der Waals surface area contributed by atoms with Crippen LogP contribution in [-0.4, -0.2) is 45.0 Å². The Morgan fingerprint density at radius 1 is 0.558 bits per heavy atom. The number of aromatic nitrogens is 1. The van der Waals surface area contributed by atoms with E-state index in [-0.39, 0.29) is 0 Å². The van der Waals surface area contributed by atoms with Crippen molar-refractivity contribution in [3.8, 4) is 45.4 Å². The van der Waals surface area contributed by atoms with Gasteiger partial charge >= 0.3 is 0 Å². The maximum absolute atomic E-state index is 5.58. The molecule has 0 bridgehead atoms. The van der Waals surface area contributed by atoms with Crippen LogP contribution in [0.15, 0.2) is 119 Å². The van der Waals surface area contributed by atoms with Crippen molar-refractivity contribution in [1.29, 1.82) is 0 Å². The van der Waals surface area contributed by atoms with Crippen LogP contribution in [0.2, 0.25) is 0 Å². The quantitative estimate of drug-likeness (QED) is 0.195. The van der Waals surface area contributed by atoms with Gasteiger partial charge in [0.05, 0.1) is 34.2 Å². The molecular formula is C36H31N3O4. The summed E-state index contributed by atoms with van der Waals surface area (Å²) in [5, 5.41) is 0. The van der Waals surface area contributed by atoms with Crippen molar-refractivity contribution in [2.75, 3.05) is 28.4 Å². The number of nitrogens with one attached hydrogen (secondary N) is 1. The third-order valence-electron chi connectivity index (χ3n) is 7.24. The number of methoxy groups -OCH3 is 4. The van der Waals surface area contributed by atoms with Crippen LogP contribution in [0.4, 0.5) is 5.82 Å². The number of hydrogen-bond acceptors (Lipinski definition) is 5. The molecule has 0 fully saturated rings. The molecular weight excluding hydrogens is 538 g/mol.